The standard InChI is InChI=1S/C4H9NOS/c1-2-3-5-7-4-6/h4-5H,2-3H2,1H3. The minimum Gasteiger partial charge on any atom is -0.290 e. The van der Waals surface area contributed by atoms with E-state index in [9.17, 15) is 4.79 Å². The molecule has 0 aliphatic carbocycles. The minimum absolute atomic E-state index is 0.787. The first-order valence-corrected chi connectivity index (χ1v) is 3.12. The predicted octanol–water partition coefficient (Wildman–Crippen LogP) is 0.824. The summed E-state index contributed by atoms with van der Waals surface area (Å²) in [6.07, 6.45) is 1.07. The summed E-state index contributed by atoms with van der Waals surface area (Å²) < 4.78 is 2.83. The molecule has 42 valence electrons. The summed E-state index contributed by atoms with van der Waals surface area (Å²) in [4.78, 5) is 9.58. The molecule has 3 heteroatoms. The predicted molar refractivity (Wildman–Crippen MR) is 32.6 cm³/mol. The third kappa shape index (κ3) is 5.98. The van der Waals surface area contributed by atoms with E-state index >= 15 is 0 Å². The average Bonchev–Trinajstić information content (AvgIpc) is 1.69. The van der Waals surface area contributed by atoms with Crippen molar-refractivity contribution in [1.29, 1.82) is 0 Å². The summed E-state index contributed by atoms with van der Waals surface area (Å²) in [5, 5.41) is 0. The van der Waals surface area contributed by atoms with Gasteiger partial charge in [-0.1, -0.05) is 6.92 Å². The number of rotatable bonds is 4. The molecule has 0 unspecified atom stereocenters. The zero-order chi connectivity index (χ0) is 5.54. The van der Waals surface area contributed by atoms with Crippen molar-refractivity contribution in [3.63, 3.8) is 0 Å². The number of carbonyl (C=O) groups excluding carboxylic acids is 1. The number of nitrogens with one attached hydrogen (secondary N) is 1. The van der Waals surface area contributed by atoms with Gasteiger partial charge in [-0.05, 0) is 18.4 Å². The van der Waals surface area contributed by atoms with Gasteiger partial charge in [0.05, 0.1) is 0 Å². The van der Waals surface area contributed by atoms with E-state index in [1.807, 2.05) is 0 Å². The second-order valence-corrected chi connectivity index (χ2v) is 1.83. The highest BCUT2D eigenvalue weighted by Gasteiger charge is 1.77. The van der Waals surface area contributed by atoms with Crippen molar-refractivity contribution in [2.75, 3.05) is 6.54 Å². The fraction of sp³-hybridized carbons (Fsp3) is 0.750. The van der Waals surface area contributed by atoms with Crippen molar-refractivity contribution in [3.05, 3.63) is 0 Å². The van der Waals surface area contributed by atoms with Gasteiger partial charge < -0.3 is 0 Å². The van der Waals surface area contributed by atoms with Gasteiger partial charge in [0.15, 0.2) is 5.62 Å². The lowest BCUT2D eigenvalue weighted by Gasteiger charge is -1.89. The number of hydrogen-bond acceptors (Lipinski definition) is 3. The molecule has 0 aliphatic rings. The average molecular weight is 119 g/mol. The van der Waals surface area contributed by atoms with E-state index in [-0.39, 0.29) is 0 Å². The third-order valence-corrected chi connectivity index (χ3v) is 0.951. The lowest BCUT2D eigenvalue weighted by molar-refractivity contribution is 0.569. The van der Waals surface area contributed by atoms with Crippen LogP contribution in [0.15, 0.2) is 0 Å². The maximum Gasteiger partial charge on any atom is 0.191 e. The van der Waals surface area contributed by atoms with Crippen molar-refractivity contribution in [2.24, 2.45) is 0 Å². The lowest BCUT2D eigenvalue weighted by atomic mass is 10.5. The fourth-order valence-electron chi connectivity index (χ4n) is 0.195. The highest BCUT2D eigenvalue weighted by molar-refractivity contribution is 8.10. The molecule has 0 heterocycles. The fourth-order valence-corrected chi connectivity index (χ4v) is 0.585. The van der Waals surface area contributed by atoms with Gasteiger partial charge in [-0.15, -0.1) is 0 Å². The molecule has 2 nitrogen and oxygen atoms in total. The van der Waals surface area contributed by atoms with Crippen LogP contribution >= 0.6 is 11.9 Å². The summed E-state index contributed by atoms with van der Waals surface area (Å²) in [5.74, 6) is 0. The first-order valence-electron chi connectivity index (χ1n) is 2.24. The van der Waals surface area contributed by atoms with Crippen LogP contribution in [-0.4, -0.2) is 12.2 Å². The molecule has 0 spiro atoms. The van der Waals surface area contributed by atoms with Crippen LogP contribution in [0.1, 0.15) is 13.3 Å². The Hall–Kier alpha value is -0.0200. The van der Waals surface area contributed by atoms with Gasteiger partial charge in [0.2, 0.25) is 0 Å². The van der Waals surface area contributed by atoms with Gasteiger partial charge in [0, 0.05) is 6.54 Å². The third-order valence-electron chi connectivity index (χ3n) is 0.484. The van der Waals surface area contributed by atoms with Crippen LogP contribution in [0.2, 0.25) is 0 Å². The van der Waals surface area contributed by atoms with E-state index in [0.29, 0.717) is 0 Å². The molecule has 0 saturated heterocycles. The summed E-state index contributed by atoms with van der Waals surface area (Å²) in [6, 6.07) is 0. The number of hydrogen-bond donors (Lipinski definition) is 1. The zero-order valence-electron chi connectivity index (χ0n) is 4.31. The Kier molecular flexibility index (Phi) is 5.96. The Morgan fingerprint density at radius 1 is 1.86 bits per heavy atom. The van der Waals surface area contributed by atoms with Crippen molar-refractivity contribution < 1.29 is 4.79 Å². The molecule has 7 heavy (non-hydrogen) atoms. The van der Waals surface area contributed by atoms with Crippen LogP contribution in [0.5, 0.6) is 0 Å². The Balaban J connectivity index is 2.56. The van der Waals surface area contributed by atoms with Gasteiger partial charge in [-0.3, -0.25) is 9.52 Å². The van der Waals surface area contributed by atoms with E-state index in [0.717, 1.165) is 30.5 Å². The molecule has 0 fully saturated rings. The summed E-state index contributed by atoms with van der Waals surface area (Å²) >= 11 is 1.10. The first-order chi connectivity index (χ1) is 3.41. The van der Waals surface area contributed by atoms with Crippen LogP contribution < -0.4 is 4.72 Å². The normalized spacial score (nSPS) is 8.71. The minimum atomic E-state index is 0.787. The molecule has 0 aromatic carbocycles. The Morgan fingerprint density at radius 3 is 3.00 bits per heavy atom. The van der Waals surface area contributed by atoms with Gasteiger partial charge in [-0.2, -0.15) is 0 Å². The highest BCUT2D eigenvalue weighted by atomic mass is 32.2. The van der Waals surface area contributed by atoms with Crippen molar-refractivity contribution in [3.8, 4) is 0 Å². The highest BCUT2D eigenvalue weighted by Crippen LogP contribution is 1.82. The van der Waals surface area contributed by atoms with Gasteiger partial charge in [0.1, 0.15) is 0 Å². The van der Waals surface area contributed by atoms with Crippen molar-refractivity contribution in [1.82, 2.24) is 4.72 Å². The summed E-state index contributed by atoms with van der Waals surface area (Å²) in [5.41, 5.74) is 0.787. The van der Waals surface area contributed by atoms with E-state index in [1.54, 1.807) is 0 Å². The Bertz CT molecular complexity index is 49.0. The van der Waals surface area contributed by atoms with E-state index < -0.39 is 0 Å². The molecule has 0 aromatic rings. The van der Waals surface area contributed by atoms with Crippen molar-refractivity contribution >= 4 is 17.6 Å². The van der Waals surface area contributed by atoms with Crippen LogP contribution in [-0.2, 0) is 4.79 Å². The molecule has 0 aliphatic heterocycles. The molecule has 0 bridgehead atoms. The van der Waals surface area contributed by atoms with E-state index in [1.165, 1.54) is 0 Å². The van der Waals surface area contributed by atoms with Crippen molar-refractivity contribution in [2.45, 2.75) is 13.3 Å². The van der Waals surface area contributed by atoms with Crippen LogP contribution in [0.4, 0.5) is 0 Å². The molecule has 0 rings (SSSR count). The number of carbonyl (C=O) groups is 1. The second kappa shape index (κ2) is 5.98. The first kappa shape index (κ1) is 6.98. The van der Waals surface area contributed by atoms with Crippen LogP contribution in [0.25, 0.3) is 0 Å². The summed E-state index contributed by atoms with van der Waals surface area (Å²) in [6.45, 7) is 2.96. The lowest BCUT2D eigenvalue weighted by Crippen LogP contribution is -2.02. The molecule has 0 atom stereocenters. The molecule has 0 amide bonds. The molecule has 0 saturated carbocycles. The smallest absolute Gasteiger partial charge is 0.191 e. The van der Waals surface area contributed by atoms with Gasteiger partial charge >= 0.3 is 0 Å². The molecular formula is C4H9NOS. The molecule has 1 N–H and O–H groups in total. The van der Waals surface area contributed by atoms with Gasteiger partial charge in [-0.25, -0.2) is 0 Å². The molecule has 0 radical (unpaired) electrons. The van der Waals surface area contributed by atoms with Crippen LogP contribution in [0.3, 0.4) is 0 Å². The second-order valence-electron chi connectivity index (χ2n) is 1.11. The Morgan fingerprint density at radius 2 is 2.57 bits per heavy atom. The monoisotopic (exact) mass is 119 g/mol. The Labute approximate surface area is 47.8 Å². The quantitative estimate of drug-likeness (QED) is 0.337. The topological polar surface area (TPSA) is 29.1 Å². The summed E-state index contributed by atoms with van der Waals surface area (Å²) in [7, 11) is 0. The zero-order valence-corrected chi connectivity index (χ0v) is 5.12. The van der Waals surface area contributed by atoms with Crippen LogP contribution in [0, 0.1) is 0 Å². The SMILES string of the molecule is CCCNSC=O. The maximum atomic E-state index is 9.58. The molecular weight excluding hydrogens is 110 g/mol. The molecule has 0 aromatic heterocycles. The van der Waals surface area contributed by atoms with Gasteiger partial charge in [0.25, 0.3) is 0 Å². The largest absolute Gasteiger partial charge is 0.290 e. The maximum absolute atomic E-state index is 9.58. The van der Waals surface area contributed by atoms with E-state index in [2.05, 4.69) is 11.6 Å². The van der Waals surface area contributed by atoms with E-state index in [4.69, 9.17) is 0 Å².